The van der Waals surface area contributed by atoms with Gasteiger partial charge in [0.15, 0.2) is 0 Å². The van der Waals surface area contributed by atoms with Crippen molar-refractivity contribution in [3.05, 3.63) is 18.0 Å². The van der Waals surface area contributed by atoms with E-state index in [2.05, 4.69) is 5.10 Å². The number of fused-ring (bicyclic) bond motifs is 1. The zero-order chi connectivity index (χ0) is 15.9. The largest absolute Gasteiger partial charge is 0.345 e. The van der Waals surface area contributed by atoms with E-state index in [9.17, 15) is 9.59 Å². The number of nitrogens with zero attached hydrogens (tertiary/aromatic N) is 4. The zero-order valence-corrected chi connectivity index (χ0v) is 13.5. The molecule has 1 saturated carbocycles. The van der Waals surface area contributed by atoms with Crippen LogP contribution in [0.2, 0.25) is 0 Å². The molecule has 1 aliphatic carbocycles. The molecular formula is C16H24N4O2. The Balaban J connectivity index is 1.67. The normalized spacial score (nSPS) is 27.9. The number of aromatic nitrogens is 2. The highest BCUT2D eigenvalue weighted by Crippen LogP contribution is 2.40. The van der Waals surface area contributed by atoms with Crippen LogP contribution in [0.3, 0.4) is 0 Å². The maximum Gasteiger partial charge on any atom is 0.274 e. The third-order valence-corrected chi connectivity index (χ3v) is 5.24. The van der Waals surface area contributed by atoms with Gasteiger partial charge in [-0.1, -0.05) is 0 Å². The van der Waals surface area contributed by atoms with Crippen LogP contribution in [0.25, 0.3) is 0 Å². The molecule has 1 aromatic heterocycles. The van der Waals surface area contributed by atoms with E-state index in [1.807, 2.05) is 37.0 Å². The van der Waals surface area contributed by atoms with Gasteiger partial charge in [0, 0.05) is 45.8 Å². The zero-order valence-electron chi connectivity index (χ0n) is 13.5. The van der Waals surface area contributed by atoms with Gasteiger partial charge in [-0.25, -0.2) is 0 Å². The number of likely N-dealkylation sites (tertiary alicyclic amines) is 1. The molecule has 0 radical (unpaired) electrons. The highest BCUT2D eigenvalue weighted by molar-refractivity contribution is 5.92. The van der Waals surface area contributed by atoms with Crippen molar-refractivity contribution in [2.45, 2.75) is 38.8 Å². The number of piperidine rings is 1. The first-order valence-corrected chi connectivity index (χ1v) is 8.04. The Morgan fingerprint density at radius 3 is 2.82 bits per heavy atom. The van der Waals surface area contributed by atoms with E-state index in [1.165, 1.54) is 0 Å². The van der Waals surface area contributed by atoms with E-state index < -0.39 is 0 Å². The van der Waals surface area contributed by atoms with Crippen LogP contribution in [0.15, 0.2) is 12.3 Å². The molecule has 3 rings (SSSR count). The second-order valence-corrected chi connectivity index (χ2v) is 6.60. The third kappa shape index (κ3) is 2.62. The van der Waals surface area contributed by atoms with Gasteiger partial charge in [0.05, 0.1) is 0 Å². The van der Waals surface area contributed by atoms with Gasteiger partial charge in [-0.15, -0.1) is 0 Å². The summed E-state index contributed by atoms with van der Waals surface area (Å²) in [5, 5.41) is 4.30. The van der Waals surface area contributed by atoms with Gasteiger partial charge in [-0.05, 0) is 37.7 Å². The lowest BCUT2D eigenvalue weighted by Crippen LogP contribution is -2.40. The summed E-state index contributed by atoms with van der Waals surface area (Å²) >= 11 is 0. The van der Waals surface area contributed by atoms with Crippen LogP contribution in [-0.2, 0) is 11.3 Å². The van der Waals surface area contributed by atoms with Crippen molar-refractivity contribution >= 4 is 11.8 Å². The quantitative estimate of drug-likeness (QED) is 0.844. The Bertz CT molecular complexity index is 582. The van der Waals surface area contributed by atoms with Crippen molar-refractivity contribution in [3.63, 3.8) is 0 Å². The van der Waals surface area contributed by atoms with Crippen LogP contribution in [0.1, 0.15) is 36.7 Å². The Kier molecular flexibility index (Phi) is 3.93. The van der Waals surface area contributed by atoms with Gasteiger partial charge in [0.25, 0.3) is 5.91 Å². The predicted octanol–water partition coefficient (Wildman–Crippen LogP) is 1.23. The fourth-order valence-electron chi connectivity index (χ4n) is 3.80. The Hall–Kier alpha value is -1.85. The molecule has 6 nitrogen and oxygen atoms in total. The monoisotopic (exact) mass is 304 g/mol. The van der Waals surface area contributed by atoms with Crippen molar-refractivity contribution in [1.29, 1.82) is 0 Å². The molecule has 2 fully saturated rings. The van der Waals surface area contributed by atoms with Crippen molar-refractivity contribution in [3.8, 4) is 0 Å². The number of amides is 2. The molecule has 1 aromatic rings. The number of aryl methyl sites for hydroxylation is 1. The molecule has 0 bridgehead atoms. The Morgan fingerprint density at radius 2 is 2.14 bits per heavy atom. The molecule has 2 heterocycles. The summed E-state index contributed by atoms with van der Waals surface area (Å²) in [5.74, 6) is 1.17. The number of hydrogen-bond acceptors (Lipinski definition) is 3. The van der Waals surface area contributed by atoms with E-state index in [0.29, 0.717) is 24.0 Å². The van der Waals surface area contributed by atoms with Gasteiger partial charge in [-0.3, -0.25) is 14.3 Å². The van der Waals surface area contributed by atoms with E-state index in [4.69, 9.17) is 0 Å². The molecular weight excluding hydrogens is 280 g/mol. The summed E-state index contributed by atoms with van der Waals surface area (Å²) in [4.78, 5) is 28.1. The lowest BCUT2D eigenvalue weighted by molar-refractivity contribution is -0.134. The SMILES string of the molecule is CCn1ccc(C(=O)N(C)[C@H]2C[C@H]3CC(=O)N(C)C[C@H]3C2)n1. The van der Waals surface area contributed by atoms with Crippen LogP contribution in [0.5, 0.6) is 0 Å². The first kappa shape index (κ1) is 15.1. The Labute approximate surface area is 131 Å². The number of hydrogen-bond donors (Lipinski definition) is 0. The van der Waals surface area contributed by atoms with Gasteiger partial charge >= 0.3 is 0 Å². The van der Waals surface area contributed by atoms with Crippen molar-refractivity contribution in [2.24, 2.45) is 11.8 Å². The van der Waals surface area contributed by atoms with Gasteiger partial charge < -0.3 is 9.80 Å². The smallest absolute Gasteiger partial charge is 0.274 e. The van der Waals surface area contributed by atoms with Gasteiger partial charge in [-0.2, -0.15) is 5.10 Å². The molecule has 1 saturated heterocycles. The van der Waals surface area contributed by atoms with E-state index >= 15 is 0 Å². The highest BCUT2D eigenvalue weighted by Gasteiger charge is 2.42. The summed E-state index contributed by atoms with van der Waals surface area (Å²) < 4.78 is 1.77. The molecule has 120 valence electrons. The molecule has 0 aromatic carbocycles. The number of rotatable bonds is 3. The van der Waals surface area contributed by atoms with Crippen molar-refractivity contribution < 1.29 is 9.59 Å². The van der Waals surface area contributed by atoms with E-state index in [0.717, 1.165) is 25.9 Å². The fourth-order valence-corrected chi connectivity index (χ4v) is 3.80. The second-order valence-electron chi connectivity index (χ2n) is 6.60. The molecule has 1 aliphatic heterocycles. The molecule has 2 aliphatic rings. The van der Waals surface area contributed by atoms with Crippen LogP contribution < -0.4 is 0 Å². The minimum absolute atomic E-state index is 0.0180. The van der Waals surface area contributed by atoms with Gasteiger partial charge in [0.2, 0.25) is 5.91 Å². The van der Waals surface area contributed by atoms with E-state index in [-0.39, 0.29) is 17.9 Å². The summed E-state index contributed by atoms with van der Waals surface area (Å²) in [7, 11) is 3.74. The van der Waals surface area contributed by atoms with Crippen LogP contribution in [-0.4, -0.2) is 58.1 Å². The summed E-state index contributed by atoms with van der Waals surface area (Å²) in [6.45, 7) is 3.59. The molecule has 0 unspecified atom stereocenters. The summed E-state index contributed by atoms with van der Waals surface area (Å²) in [6, 6.07) is 2.00. The molecule has 6 heteroatoms. The first-order valence-electron chi connectivity index (χ1n) is 8.04. The molecule has 2 amide bonds. The lowest BCUT2D eigenvalue weighted by Gasteiger charge is -2.31. The molecule has 22 heavy (non-hydrogen) atoms. The topological polar surface area (TPSA) is 58.4 Å². The maximum absolute atomic E-state index is 12.6. The van der Waals surface area contributed by atoms with E-state index in [1.54, 1.807) is 10.7 Å². The maximum atomic E-state index is 12.6. The van der Waals surface area contributed by atoms with Crippen LogP contribution >= 0.6 is 0 Å². The minimum Gasteiger partial charge on any atom is -0.345 e. The summed E-state index contributed by atoms with van der Waals surface area (Å²) in [6.07, 6.45) is 4.38. The average Bonchev–Trinajstić information content (AvgIpc) is 3.12. The van der Waals surface area contributed by atoms with Crippen LogP contribution in [0.4, 0.5) is 0 Å². The predicted molar refractivity (Wildman–Crippen MR) is 82.3 cm³/mol. The second kappa shape index (κ2) is 5.74. The van der Waals surface area contributed by atoms with Crippen LogP contribution in [0, 0.1) is 11.8 Å². The summed E-state index contributed by atoms with van der Waals surface area (Å²) in [5.41, 5.74) is 0.507. The standard InChI is InChI=1S/C16H24N4O2/c1-4-20-6-5-14(17-20)16(22)19(3)13-7-11-9-15(21)18(2)10-12(11)8-13/h5-6,11-13H,4,7-10H2,1-3H3/t11-,12+,13-/m0/s1. The average molecular weight is 304 g/mol. The third-order valence-electron chi connectivity index (χ3n) is 5.24. The highest BCUT2D eigenvalue weighted by atomic mass is 16.2. The molecule has 3 atom stereocenters. The molecule has 0 spiro atoms. The lowest BCUT2D eigenvalue weighted by atomic mass is 9.88. The Morgan fingerprint density at radius 1 is 1.41 bits per heavy atom. The van der Waals surface area contributed by atoms with Crippen molar-refractivity contribution in [2.75, 3.05) is 20.6 Å². The fraction of sp³-hybridized carbons (Fsp3) is 0.688. The molecule has 0 N–H and O–H groups in total. The van der Waals surface area contributed by atoms with Crippen molar-refractivity contribution in [1.82, 2.24) is 19.6 Å². The van der Waals surface area contributed by atoms with Gasteiger partial charge in [0.1, 0.15) is 5.69 Å². The first-order chi connectivity index (χ1) is 10.5. The number of carbonyl (C=O) groups excluding carboxylic acids is 2. The number of carbonyl (C=O) groups is 2. The minimum atomic E-state index is -0.0180.